The van der Waals surface area contributed by atoms with Gasteiger partial charge in [0.25, 0.3) is 0 Å². The fraction of sp³-hybridized carbons (Fsp3) is 0.444. The van der Waals surface area contributed by atoms with E-state index in [4.69, 9.17) is 5.73 Å². The molecular formula is C9H14N6. The standard InChI is InChI=1S/C9H14N6/c1-14-6-8(5-12-14)2-3-15-9(4-10)11-7-13-15/h5-7H,2-4,10H2,1H3. The topological polar surface area (TPSA) is 74.5 Å². The number of rotatable bonds is 4. The smallest absolute Gasteiger partial charge is 0.140 e. The molecule has 0 amide bonds. The van der Waals surface area contributed by atoms with E-state index in [2.05, 4.69) is 15.2 Å². The molecular weight excluding hydrogens is 192 g/mol. The van der Waals surface area contributed by atoms with Crippen LogP contribution in [0.3, 0.4) is 0 Å². The van der Waals surface area contributed by atoms with E-state index in [-0.39, 0.29) is 0 Å². The minimum absolute atomic E-state index is 0.424. The third kappa shape index (κ3) is 2.21. The zero-order chi connectivity index (χ0) is 10.7. The molecule has 6 heteroatoms. The molecule has 80 valence electrons. The summed E-state index contributed by atoms with van der Waals surface area (Å²) in [6.45, 7) is 1.21. The summed E-state index contributed by atoms with van der Waals surface area (Å²) in [4.78, 5) is 4.06. The molecule has 0 aliphatic carbocycles. The van der Waals surface area contributed by atoms with Crippen LogP contribution in [0.2, 0.25) is 0 Å². The van der Waals surface area contributed by atoms with Crippen molar-refractivity contribution in [3.05, 3.63) is 30.1 Å². The molecule has 0 fully saturated rings. The molecule has 0 aliphatic heterocycles. The monoisotopic (exact) mass is 206 g/mol. The maximum Gasteiger partial charge on any atom is 0.140 e. The number of hydrogen-bond donors (Lipinski definition) is 1. The van der Waals surface area contributed by atoms with Crippen LogP contribution in [-0.2, 0) is 26.6 Å². The minimum atomic E-state index is 0.424. The molecule has 6 nitrogen and oxygen atoms in total. The van der Waals surface area contributed by atoms with Crippen molar-refractivity contribution < 1.29 is 0 Å². The Morgan fingerprint density at radius 3 is 2.93 bits per heavy atom. The van der Waals surface area contributed by atoms with Crippen LogP contribution in [0.25, 0.3) is 0 Å². The first-order valence-electron chi connectivity index (χ1n) is 4.84. The molecule has 0 spiro atoms. The van der Waals surface area contributed by atoms with Crippen molar-refractivity contribution in [2.24, 2.45) is 12.8 Å². The van der Waals surface area contributed by atoms with Crippen LogP contribution >= 0.6 is 0 Å². The lowest BCUT2D eigenvalue weighted by Gasteiger charge is -2.02. The molecule has 2 aromatic heterocycles. The number of hydrogen-bond acceptors (Lipinski definition) is 4. The predicted molar refractivity (Wildman–Crippen MR) is 54.8 cm³/mol. The molecule has 0 aromatic carbocycles. The van der Waals surface area contributed by atoms with E-state index in [0.717, 1.165) is 18.8 Å². The summed E-state index contributed by atoms with van der Waals surface area (Å²) in [5.74, 6) is 0.818. The molecule has 0 saturated carbocycles. The fourth-order valence-electron chi connectivity index (χ4n) is 1.47. The molecule has 15 heavy (non-hydrogen) atoms. The summed E-state index contributed by atoms with van der Waals surface area (Å²) in [7, 11) is 1.91. The summed E-state index contributed by atoms with van der Waals surface area (Å²) in [5, 5.41) is 8.21. The van der Waals surface area contributed by atoms with Gasteiger partial charge in [0.05, 0.1) is 12.7 Å². The highest BCUT2D eigenvalue weighted by Crippen LogP contribution is 2.01. The highest BCUT2D eigenvalue weighted by Gasteiger charge is 2.02. The third-order valence-electron chi connectivity index (χ3n) is 2.25. The van der Waals surface area contributed by atoms with Gasteiger partial charge in [-0.2, -0.15) is 10.2 Å². The maximum atomic E-state index is 5.53. The lowest BCUT2D eigenvalue weighted by Crippen LogP contribution is -2.11. The number of aromatic nitrogens is 5. The molecule has 0 bridgehead atoms. The highest BCUT2D eigenvalue weighted by molar-refractivity contribution is 5.03. The average molecular weight is 206 g/mol. The van der Waals surface area contributed by atoms with E-state index in [9.17, 15) is 0 Å². The Balaban J connectivity index is 1.98. The van der Waals surface area contributed by atoms with Gasteiger partial charge in [-0.25, -0.2) is 9.67 Å². The van der Waals surface area contributed by atoms with Gasteiger partial charge < -0.3 is 5.73 Å². The van der Waals surface area contributed by atoms with E-state index in [1.807, 2.05) is 24.1 Å². The SMILES string of the molecule is Cn1cc(CCn2ncnc2CN)cn1. The molecule has 0 radical (unpaired) electrons. The van der Waals surface area contributed by atoms with E-state index in [0.29, 0.717) is 6.54 Å². The van der Waals surface area contributed by atoms with Crippen LogP contribution in [-0.4, -0.2) is 24.5 Å². The third-order valence-corrected chi connectivity index (χ3v) is 2.25. The lowest BCUT2D eigenvalue weighted by molar-refractivity contribution is 0.580. The van der Waals surface area contributed by atoms with Gasteiger partial charge in [-0.3, -0.25) is 4.68 Å². The van der Waals surface area contributed by atoms with Crippen LogP contribution in [0, 0.1) is 0 Å². The Kier molecular flexibility index (Phi) is 2.77. The molecule has 0 aliphatic rings. The number of nitrogens with two attached hydrogens (primary N) is 1. The van der Waals surface area contributed by atoms with Crippen molar-refractivity contribution >= 4 is 0 Å². The quantitative estimate of drug-likeness (QED) is 0.746. The van der Waals surface area contributed by atoms with Crippen molar-refractivity contribution in [1.29, 1.82) is 0 Å². The van der Waals surface area contributed by atoms with E-state index in [1.165, 1.54) is 11.9 Å². The predicted octanol–water partition coefficient (Wildman–Crippen LogP) is -0.287. The van der Waals surface area contributed by atoms with Crippen molar-refractivity contribution in [2.45, 2.75) is 19.5 Å². The Morgan fingerprint density at radius 1 is 1.40 bits per heavy atom. The van der Waals surface area contributed by atoms with Gasteiger partial charge in [0.2, 0.25) is 0 Å². The van der Waals surface area contributed by atoms with Crippen LogP contribution < -0.4 is 5.73 Å². The lowest BCUT2D eigenvalue weighted by atomic mass is 10.2. The second-order valence-electron chi connectivity index (χ2n) is 3.38. The summed E-state index contributed by atoms with van der Waals surface area (Å²) in [6, 6.07) is 0. The highest BCUT2D eigenvalue weighted by atomic mass is 15.3. The van der Waals surface area contributed by atoms with E-state index < -0.39 is 0 Å². The van der Waals surface area contributed by atoms with Crippen LogP contribution in [0.15, 0.2) is 18.7 Å². The molecule has 2 N–H and O–H groups in total. The van der Waals surface area contributed by atoms with Crippen molar-refractivity contribution in [3.63, 3.8) is 0 Å². The van der Waals surface area contributed by atoms with Crippen molar-refractivity contribution in [3.8, 4) is 0 Å². The summed E-state index contributed by atoms with van der Waals surface area (Å²) >= 11 is 0. The van der Waals surface area contributed by atoms with Crippen LogP contribution in [0.4, 0.5) is 0 Å². The first-order chi connectivity index (χ1) is 7.29. The molecule has 2 heterocycles. The van der Waals surface area contributed by atoms with Crippen molar-refractivity contribution in [2.75, 3.05) is 0 Å². The average Bonchev–Trinajstić information content (AvgIpc) is 2.83. The minimum Gasteiger partial charge on any atom is -0.324 e. The maximum absolute atomic E-state index is 5.53. The first-order valence-corrected chi connectivity index (χ1v) is 4.84. The second kappa shape index (κ2) is 4.22. The fourth-order valence-corrected chi connectivity index (χ4v) is 1.47. The number of aryl methyl sites for hydroxylation is 3. The van der Waals surface area contributed by atoms with Gasteiger partial charge in [-0.15, -0.1) is 0 Å². The first kappa shape index (κ1) is 9.85. The van der Waals surface area contributed by atoms with Gasteiger partial charge >= 0.3 is 0 Å². The second-order valence-corrected chi connectivity index (χ2v) is 3.38. The summed E-state index contributed by atoms with van der Waals surface area (Å²) < 4.78 is 3.62. The van der Waals surface area contributed by atoms with Gasteiger partial charge in [0.15, 0.2) is 0 Å². The molecule has 0 unspecified atom stereocenters. The van der Waals surface area contributed by atoms with Gasteiger partial charge in [0.1, 0.15) is 12.2 Å². The van der Waals surface area contributed by atoms with E-state index >= 15 is 0 Å². The summed E-state index contributed by atoms with van der Waals surface area (Å²) in [6.07, 6.45) is 6.29. The molecule has 0 atom stereocenters. The van der Waals surface area contributed by atoms with Gasteiger partial charge in [0, 0.05) is 19.8 Å². The largest absolute Gasteiger partial charge is 0.324 e. The molecule has 2 rings (SSSR count). The zero-order valence-electron chi connectivity index (χ0n) is 8.67. The van der Waals surface area contributed by atoms with Gasteiger partial charge in [-0.05, 0) is 12.0 Å². The summed E-state index contributed by atoms with van der Waals surface area (Å²) in [5.41, 5.74) is 6.72. The Hall–Kier alpha value is -1.69. The normalized spacial score (nSPS) is 10.8. The molecule has 2 aromatic rings. The number of nitrogens with zero attached hydrogens (tertiary/aromatic N) is 5. The van der Waals surface area contributed by atoms with Crippen molar-refractivity contribution in [1.82, 2.24) is 24.5 Å². The molecule has 0 saturated heterocycles. The Morgan fingerprint density at radius 2 is 2.27 bits per heavy atom. The van der Waals surface area contributed by atoms with Gasteiger partial charge in [-0.1, -0.05) is 0 Å². The van der Waals surface area contributed by atoms with Crippen LogP contribution in [0.1, 0.15) is 11.4 Å². The zero-order valence-corrected chi connectivity index (χ0v) is 8.67. The Labute approximate surface area is 87.7 Å². The van der Waals surface area contributed by atoms with E-state index in [1.54, 1.807) is 4.68 Å². The van der Waals surface area contributed by atoms with Crippen LogP contribution in [0.5, 0.6) is 0 Å². The Bertz CT molecular complexity index is 429.